The predicted octanol–water partition coefficient (Wildman–Crippen LogP) is 1.88. The van der Waals surface area contributed by atoms with Crippen molar-refractivity contribution in [2.24, 2.45) is 5.73 Å². The van der Waals surface area contributed by atoms with E-state index in [1.165, 1.54) is 5.56 Å². The minimum Gasteiger partial charge on any atom is -0.493 e. The molecule has 21 heavy (non-hydrogen) atoms. The monoisotopic (exact) mass is 294 g/mol. The highest BCUT2D eigenvalue weighted by Gasteiger charge is 2.07. The SMILES string of the molecule is COc1ccc(CC(C)NCCCCC(N)=O)cc1OC. The molecule has 1 amide bonds. The summed E-state index contributed by atoms with van der Waals surface area (Å²) in [6.07, 6.45) is 3.17. The van der Waals surface area contributed by atoms with Gasteiger partial charge in [-0.3, -0.25) is 4.79 Å². The standard InChI is InChI=1S/C16H26N2O3/c1-12(18-9-5-4-6-16(17)19)10-13-7-8-14(20-2)15(11-13)21-3/h7-8,11-12,18H,4-6,9-10H2,1-3H3,(H2,17,19). The van der Waals surface area contributed by atoms with Crippen molar-refractivity contribution in [3.8, 4) is 11.5 Å². The zero-order valence-corrected chi connectivity index (χ0v) is 13.1. The molecule has 1 rings (SSSR count). The first-order valence-corrected chi connectivity index (χ1v) is 7.29. The van der Waals surface area contributed by atoms with Crippen molar-refractivity contribution in [3.63, 3.8) is 0 Å². The second kappa shape index (κ2) is 9.23. The number of hydrogen-bond donors (Lipinski definition) is 2. The van der Waals surface area contributed by atoms with E-state index < -0.39 is 0 Å². The number of benzene rings is 1. The van der Waals surface area contributed by atoms with E-state index in [0.717, 1.165) is 37.3 Å². The van der Waals surface area contributed by atoms with Crippen LogP contribution in [0.4, 0.5) is 0 Å². The Hall–Kier alpha value is -1.75. The van der Waals surface area contributed by atoms with Crippen molar-refractivity contribution in [3.05, 3.63) is 23.8 Å². The maximum absolute atomic E-state index is 10.6. The quantitative estimate of drug-likeness (QED) is 0.646. The van der Waals surface area contributed by atoms with Gasteiger partial charge >= 0.3 is 0 Å². The van der Waals surface area contributed by atoms with E-state index in [9.17, 15) is 4.79 Å². The molecule has 0 aliphatic carbocycles. The fourth-order valence-corrected chi connectivity index (χ4v) is 2.21. The van der Waals surface area contributed by atoms with E-state index in [0.29, 0.717) is 12.5 Å². The molecule has 3 N–H and O–H groups in total. The number of methoxy groups -OCH3 is 2. The summed E-state index contributed by atoms with van der Waals surface area (Å²) >= 11 is 0. The lowest BCUT2D eigenvalue weighted by molar-refractivity contribution is -0.118. The molecule has 0 aromatic heterocycles. The summed E-state index contributed by atoms with van der Waals surface area (Å²) in [7, 11) is 3.27. The number of hydrogen-bond acceptors (Lipinski definition) is 4. The second-order valence-corrected chi connectivity index (χ2v) is 5.17. The predicted molar refractivity (Wildman–Crippen MR) is 83.8 cm³/mol. The number of nitrogens with two attached hydrogens (primary N) is 1. The van der Waals surface area contributed by atoms with Gasteiger partial charge in [-0.1, -0.05) is 6.07 Å². The van der Waals surface area contributed by atoms with E-state index in [-0.39, 0.29) is 5.91 Å². The third kappa shape index (κ3) is 6.49. The normalized spacial score (nSPS) is 12.0. The molecular formula is C16H26N2O3. The molecule has 1 aromatic rings. The molecule has 0 heterocycles. The minimum atomic E-state index is -0.228. The maximum atomic E-state index is 10.6. The van der Waals surface area contributed by atoms with E-state index in [1.54, 1.807) is 14.2 Å². The number of ether oxygens (including phenoxy) is 2. The Labute approximate surface area is 126 Å². The van der Waals surface area contributed by atoms with E-state index in [4.69, 9.17) is 15.2 Å². The smallest absolute Gasteiger partial charge is 0.217 e. The summed E-state index contributed by atoms with van der Waals surface area (Å²) in [5.41, 5.74) is 6.31. The van der Waals surface area contributed by atoms with Crippen LogP contribution in [0.5, 0.6) is 11.5 Å². The van der Waals surface area contributed by atoms with Crippen LogP contribution in [0.25, 0.3) is 0 Å². The Morgan fingerprint density at radius 2 is 1.95 bits per heavy atom. The lowest BCUT2D eigenvalue weighted by atomic mass is 10.1. The van der Waals surface area contributed by atoms with Crippen LogP contribution in [0, 0.1) is 0 Å². The van der Waals surface area contributed by atoms with Gasteiger partial charge in [0.1, 0.15) is 0 Å². The molecule has 0 aliphatic heterocycles. The van der Waals surface area contributed by atoms with Crippen LogP contribution in [0.1, 0.15) is 31.7 Å². The number of unbranched alkanes of at least 4 members (excludes halogenated alkanes) is 1. The van der Waals surface area contributed by atoms with Crippen molar-refractivity contribution in [2.75, 3.05) is 20.8 Å². The molecule has 0 saturated carbocycles. The van der Waals surface area contributed by atoms with Crippen LogP contribution >= 0.6 is 0 Å². The highest BCUT2D eigenvalue weighted by Crippen LogP contribution is 2.27. The summed E-state index contributed by atoms with van der Waals surface area (Å²) in [5, 5.41) is 3.45. The molecule has 0 radical (unpaired) electrons. The molecule has 0 fully saturated rings. The lowest BCUT2D eigenvalue weighted by Gasteiger charge is -2.15. The average Bonchev–Trinajstić information content (AvgIpc) is 2.46. The third-order valence-electron chi connectivity index (χ3n) is 3.33. The maximum Gasteiger partial charge on any atom is 0.217 e. The summed E-state index contributed by atoms with van der Waals surface area (Å²) in [6, 6.07) is 6.33. The van der Waals surface area contributed by atoms with Gasteiger partial charge < -0.3 is 20.5 Å². The average molecular weight is 294 g/mol. The van der Waals surface area contributed by atoms with Crippen molar-refractivity contribution in [1.82, 2.24) is 5.32 Å². The number of rotatable bonds is 10. The molecule has 1 atom stereocenters. The van der Waals surface area contributed by atoms with Gasteiger partial charge in [-0.25, -0.2) is 0 Å². The zero-order chi connectivity index (χ0) is 15.7. The first-order valence-electron chi connectivity index (χ1n) is 7.29. The number of carbonyl (C=O) groups excluding carboxylic acids is 1. The second-order valence-electron chi connectivity index (χ2n) is 5.17. The van der Waals surface area contributed by atoms with Crippen LogP contribution in [-0.4, -0.2) is 32.7 Å². The molecule has 1 unspecified atom stereocenters. The Kier molecular flexibility index (Phi) is 7.61. The summed E-state index contributed by atoms with van der Waals surface area (Å²) < 4.78 is 10.5. The van der Waals surface area contributed by atoms with Crippen molar-refractivity contribution >= 4 is 5.91 Å². The van der Waals surface area contributed by atoms with Crippen LogP contribution in [0.3, 0.4) is 0 Å². The van der Waals surface area contributed by atoms with E-state index in [1.807, 2.05) is 18.2 Å². The molecule has 0 spiro atoms. The Bertz CT molecular complexity index is 449. The van der Waals surface area contributed by atoms with Gasteiger partial charge in [0, 0.05) is 12.5 Å². The van der Waals surface area contributed by atoms with Crippen molar-refractivity contribution in [1.29, 1.82) is 0 Å². The summed E-state index contributed by atoms with van der Waals surface area (Å²) in [4.78, 5) is 10.6. The summed E-state index contributed by atoms with van der Waals surface area (Å²) in [6.45, 7) is 3.03. The Morgan fingerprint density at radius 3 is 2.57 bits per heavy atom. The number of primary amides is 1. The Balaban J connectivity index is 2.37. The van der Waals surface area contributed by atoms with Gasteiger partial charge in [0.05, 0.1) is 14.2 Å². The fourth-order valence-electron chi connectivity index (χ4n) is 2.21. The molecule has 1 aromatic carbocycles. The van der Waals surface area contributed by atoms with Gasteiger partial charge in [-0.15, -0.1) is 0 Å². The molecule has 0 bridgehead atoms. The molecule has 118 valence electrons. The highest BCUT2D eigenvalue weighted by atomic mass is 16.5. The first kappa shape index (κ1) is 17.3. The molecule has 5 heteroatoms. The van der Waals surface area contributed by atoms with Gasteiger partial charge in [-0.2, -0.15) is 0 Å². The van der Waals surface area contributed by atoms with Crippen molar-refractivity contribution in [2.45, 2.75) is 38.6 Å². The van der Waals surface area contributed by atoms with Gasteiger partial charge in [0.15, 0.2) is 11.5 Å². The van der Waals surface area contributed by atoms with E-state index >= 15 is 0 Å². The van der Waals surface area contributed by atoms with Gasteiger partial charge in [-0.05, 0) is 50.4 Å². The summed E-state index contributed by atoms with van der Waals surface area (Å²) in [5.74, 6) is 1.27. The zero-order valence-electron chi connectivity index (χ0n) is 13.1. The fraction of sp³-hybridized carbons (Fsp3) is 0.562. The van der Waals surface area contributed by atoms with Gasteiger partial charge in [0.25, 0.3) is 0 Å². The molecule has 5 nitrogen and oxygen atoms in total. The third-order valence-corrected chi connectivity index (χ3v) is 3.33. The number of amides is 1. The van der Waals surface area contributed by atoms with Crippen LogP contribution in [0.15, 0.2) is 18.2 Å². The molecule has 0 saturated heterocycles. The largest absolute Gasteiger partial charge is 0.493 e. The van der Waals surface area contributed by atoms with Gasteiger partial charge in [0.2, 0.25) is 5.91 Å². The first-order chi connectivity index (χ1) is 10.1. The molecule has 0 aliphatic rings. The molecular weight excluding hydrogens is 268 g/mol. The van der Waals surface area contributed by atoms with Crippen LogP contribution < -0.4 is 20.5 Å². The number of carbonyl (C=O) groups is 1. The highest BCUT2D eigenvalue weighted by molar-refractivity contribution is 5.73. The van der Waals surface area contributed by atoms with Crippen LogP contribution in [-0.2, 0) is 11.2 Å². The topological polar surface area (TPSA) is 73.6 Å². The van der Waals surface area contributed by atoms with Crippen molar-refractivity contribution < 1.29 is 14.3 Å². The Morgan fingerprint density at radius 1 is 1.24 bits per heavy atom. The lowest BCUT2D eigenvalue weighted by Crippen LogP contribution is -2.29. The minimum absolute atomic E-state index is 0.228. The van der Waals surface area contributed by atoms with Crippen LogP contribution in [0.2, 0.25) is 0 Å². The van der Waals surface area contributed by atoms with E-state index in [2.05, 4.69) is 12.2 Å². The number of nitrogens with one attached hydrogen (secondary N) is 1.